The van der Waals surface area contributed by atoms with Crippen molar-refractivity contribution in [2.75, 3.05) is 72.6 Å². The first-order valence-corrected chi connectivity index (χ1v) is 11.2. The molecule has 2 aliphatic heterocycles. The third-order valence-corrected chi connectivity index (χ3v) is 6.49. The molecule has 3 fully saturated rings. The molecule has 2 saturated heterocycles. The van der Waals surface area contributed by atoms with E-state index in [1.807, 2.05) is 11.9 Å². The van der Waals surface area contributed by atoms with Crippen LogP contribution in [0.25, 0.3) is 0 Å². The molecule has 0 aromatic carbocycles. The fraction of sp³-hybridized carbons (Fsp3) is 0.905. The number of ether oxygens (including phenoxy) is 1. The molecule has 168 valence electrons. The average molecular weight is 521 g/mol. The summed E-state index contributed by atoms with van der Waals surface area (Å²) < 4.78 is 5.33. The SMILES string of the molecule is CN=C(NCCC1CCCC(C)C1)N1CCN(CC(=O)N2CCOCC2)CC1.I. The number of piperazine rings is 1. The lowest BCUT2D eigenvalue weighted by atomic mass is 9.81. The highest BCUT2D eigenvalue weighted by atomic mass is 127. The minimum atomic E-state index is 0. The van der Waals surface area contributed by atoms with Gasteiger partial charge in [0.1, 0.15) is 0 Å². The van der Waals surface area contributed by atoms with E-state index < -0.39 is 0 Å². The maximum atomic E-state index is 12.4. The number of hydrogen-bond acceptors (Lipinski definition) is 4. The molecular weight excluding hydrogens is 481 g/mol. The van der Waals surface area contributed by atoms with Gasteiger partial charge in [0.2, 0.25) is 5.91 Å². The van der Waals surface area contributed by atoms with Crippen LogP contribution in [-0.4, -0.2) is 99.2 Å². The lowest BCUT2D eigenvalue weighted by molar-refractivity contribution is -0.136. The topological polar surface area (TPSA) is 60.4 Å². The van der Waals surface area contributed by atoms with Gasteiger partial charge in [-0.1, -0.05) is 26.2 Å². The van der Waals surface area contributed by atoms with Crippen LogP contribution in [0.5, 0.6) is 0 Å². The van der Waals surface area contributed by atoms with E-state index in [-0.39, 0.29) is 29.9 Å². The van der Waals surface area contributed by atoms with Gasteiger partial charge in [-0.25, -0.2) is 0 Å². The third kappa shape index (κ3) is 7.86. The van der Waals surface area contributed by atoms with Crippen LogP contribution in [0.3, 0.4) is 0 Å². The van der Waals surface area contributed by atoms with Crippen LogP contribution in [-0.2, 0) is 9.53 Å². The van der Waals surface area contributed by atoms with Crippen molar-refractivity contribution in [3.8, 4) is 0 Å². The number of nitrogens with one attached hydrogen (secondary N) is 1. The van der Waals surface area contributed by atoms with Crippen LogP contribution in [0, 0.1) is 11.8 Å². The Labute approximate surface area is 193 Å². The standard InChI is InChI=1S/C21H39N5O2.HI/c1-18-4-3-5-19(16-18)6-7-23-21(22-2)26-10-8-24(9-11-26)17-20(27)25-12-14-28-15-13-25;/h18-19H,3-17H2,1-2H3,(H,22,23);1H. The molecule has 1 amide bonds. The predicted octanol–water partition coefficient (Wildman–Crippen LogP) is 1.87. The summed E-state index contributed by atoms with van der Waals surface area (Å²) in [4.78, 5) is 23.5. The highest BCUT2D eigenvalue weighted by Gasteiger charge is 2.24. The molecule has 1 aliphatic carbocycles. The van der Waals surface area contributed by atoms with Crippen molar-refractivity contribution in [2.45, 2.75) is 39.0 Å². The third-order valence-electron chi connectivity index (χ3n) is 6.49. The van der Waals surface area contributed by atoms with Crippen molar-refractivity contribution in [1.82, 2.24) is 20.0 Å². The number of guanidine groups is 1. The number of carbonyl (C=O) groups excluding carboxylic acids is 1. The Hall–Kier alpha value is -0.610. The van der Waals surface area contributed by atoms with Gasteiger partial charge in [0.15, 0.2) is 5.96 Å². The first-order valence-electron chi connectivity index (χ1n) is 11.2. The Kier molecular flexibility index (Phi) is 11.0. The van der Waals surface area contributed by atoms with Gasteiger partial charge in [-0.3, -0.25) is 14.7 Å². The number of amides is 1. The first-order chi connectivity index (χ1) is 13.7. The molecule has 2 atom stereocenters. The van der Waals surface area contributed by atoms with E-state index in [0.717, 1.165) is 63.6 Å². The quantitative estimate of drug-likeness (QED) is 0.340. The average Bonchev–Trinajstić information content (AvgIpc) is 2.73. The van der Waals surface area contributed by atoms with Crippen LogP contribution >= 0.6 is 24.0 Å². The van der Waals surface area contributed by atoms with E-state index in [9.17, 15) is 4.79 Å². The second-order valence-corrected chi connectivity index (χ2v) is 8.66. The molecule has 1 saturated carbocycles. The summed E-state index contributed by atoms with van der Waals surface area (Å²) in [6, 6.07) is 0. The van der Waals surface area contributed by atoms with Crippen molar-refractivity contribution in [1.29, 1.82) is 0 Å². The van der Waals surface area contributed by atoms with E-state index in [0.29, 0.717) is 19.8 Å². The van der Waals surface area contributed by atoms with E-state index in [1.165, 1.54) is 32.1 Å². The predicted molar refractivity (Wildman–Crippen MR) is 128 cm³/mol. The maximum absolute atomic E-state index is 12.4. The summed E-state index contributed by atoms with van der Waals surface area (Å²) in [5, 5.41) is 3.58. The highest BCUT2D eigenvalue weighted by Crippen LogP contribution is 2.30. The molecule has 8 heteroatoms. The molecule has 0 aromatic heterocycles. The Morgan fingerprint density at radius 2 is 1.79 bits per heavy atom. The fourth-order valence-electron chi connectivity index (χ4n) is 4.76. The Balaban J connectivity index is 0.00000300. The molecule has 0 spiro atoms. The lowest BCUT2D eigenvalue weighted by Crippen LogP contribution is -2.55. The van der Waals surface area contributed by atoms with Gasteiger partial charge in [-0.2, -0.15) is 0 Å². The second-order valence-electron chi connectivity index (χ2n) is 8.66. The highest BCUT2D eigenvalue weighted by molar-refractivity contribution is 14.0. The molecule has 0 radical (unpaired) electrons. The second kappa shape index (κ2) is 12.9. The summed E-state index contributed by atoms with van der Waals surface area (Å²) in [7, 11) is 1.87. The van der Waals surface area contributed by atoms with E-state index >= 15 is 0 Å². The number of rotatable bonds is 5. The number of carbonyl (C=O) groups is 1. The maximum Gasteiger partial charge on any atom is 0.236 e. The van der Waals surface area contributed by atoms with Gasteiger partial charge >= 0.3 is 0 Å². The Morgan fingerprint density at radius 3 is 2.45 bits per heavy atom. The molecule has 7 nitrogen and oxygen atoms in total. The van der Waals surface area contributed by atoms with E-state index in [4.69, 9.17) is 4.74 Å². The smallest absolute Gasteiger partial charge is 0.236 e. The van der Waals surface area contributed by atoms with Crippen molar-refractivity contribution in [2.24, 2.45) is 16.8 Å². The molecular formula is C21H40IN5O2. The first kappa shape index (κ1) is 24.7. The summed E-state index contributed by atoms with van der Waals surface area (Å²) >= 11 is 0. The van der Waals surface area contributed by atoms with E-state index in [2.05, 4.69) is 27.0 Å². The normalized spacial score (nSPS) is 26.8. The summed E-state index contributed by atoms with van der Waals surface area (Å²) in [6.45, 7) is 10.4. The number of aliphatic imine (C=N–C) groups is 1. The van der Waals surface area contributed by atoms with Gasteiger partial charge in [-0.05, 0) is 24.7 Å². The monoisotopic (exact) mass is 521 g/mol. The minimum Gasteiger partial charge on any atom is -0.378 e. The van der Waals surface area contributed by atoms with Crippen LogP contribution in [0.4, 0.5) is 0 Å². The zero-order chi connectivity index (χ0) is 19.8. The van der Waals surface area contributed by atoms with E-state index in [1.54, 1.807) is 0 Å². The molecule has 0 bridgehead atoms. The lowest BCUT2D eigenvalue weighted by Gasteiger charge is -2.37. The number of nitrogens with zero attached hydrogens (tertiary/aromatic N) is 4. The largest absolute Gasteiger partial charge is 0.378 e. The van der Waals surface area contributed by atoms with Crippen molar-refractivity contribution in [3.05, 3.63) is 0 Å². The van der Waals surface area contributed by atoms with Crippen molar-refractivity contribution in [3.63, 3.8) is 0 Å². The van der Waals surface area contributed by atoms with Crippen LogP contribution < -0.4 is 5.32 Å². The number of morpholine rings is 1. The van der Waals surface area contributed by atoms with Crippen molar-refractivity contribution < 1.29 is 9.53 Å². The van der Waals surface area contributed by atoms with Crippen LogP contribution in [0.1, 0.15) is 39.0 Å². The Bertz CT molecular complexity index is 519. The van der Waals surface area contributed by atoms with Gasteiger partial charge in [0.05, 0.1) is 19.8 Å². The van der Waals surface area contributed by atoms with Gasteiger partial charge in [-0.15, -0.1) is 24.0 Å². The zero-order valence-corrected chi connectivity index (χ0v) is 20.6. The molecule has 29 heavy (non-hydrogen) atoms. The van der Waals surface area contributed by atoms with Gasteiger partial charge in [0.25, 0.3) is 0 Å². The molecule has 2 unspecified atom stereocenters. The molecule has 2 heterocycles. The summed E-state index contributed by atoms with van der Waals surface area (Å²) in [5.41, 5.74) is 0. The number of halogens is 1. The van der Waals surface area contributed by atoms with Gasteiger partial charge in [0, 0.05) is 52.9 Å². The molecule has 3 aliphatic rings. The fourth-order valence-corrected chi connectivity index (χ4v) is 4.76. The summed E-state index contributed by atoms with van der Waals surface area (Å²) in [5.74, 6) is 3.02. The molecule has 3 rings (SSSR count). The van der Waals surface area contributed by atoms with Gasteiger partial charge < -0.3 is 19.9 Å². The molecule has 0 aromatic rings. The van der Waals surface area contributed by atoms with Crippen molar-refractivity contribution >= 4 is 35.8 Å². The van der Waals surface area contributed by atoms with Crippen LogP contribution in [0.2, 0.25) is 0 Å². The zero-order valence-electron chi connectivity index (χ0n) is 18.3. The summed E-state index contributed by atoms with van der Waals surface area (Å²) in [6.07, 6.45) is 6.82. The molecule has 1 N–H and O–H groups in total. The number of hydrogen-bond donors (Lipinski definition) is 1. The van der Waals surface area contributed by atoms with Crippen LogP contribution in [0.15, 0.2) is 4.99 Å². The Morgan fingerprint density at radius 1 is 1.07 bits per heavy atom. The minimum absolute atomic E-state index is 0.